The zero-order valence-electron chi connectivity index (χ0n) is 11.5. The zero-order valence-corrected chi connectivity index (χ0v) is 13.0. The van der Waals surface area contributed by atoms with Crippen LogP contribution in [-0.4, -0.2) is 22.6 Å². The summed E-state index contributed by atoms with van der Waals surface area (Å²) in [5.41, 5.74) is 0.404. The Morgan fingerprint density at radius 2 is 1.81 bits per heavy atom. The van der Waals surface area contributed by atoms with E-state index < -0.39 is 10.0 Å². The molecule has 0 aliphatic heterocycles. The maximum absolute atomic E-state index is 12.3. The maximum atomic E-state index is 12.3. The first-order valence-electron chi connectivity index (χ1n) is 5.96. The Bertz CT molecular complexity index is 746. The highest BCUT2D eigenvalue weighted by atomic mass is 35.5. The smallest absolute Gasteiger partial charge is 0.261 e. The van der Waals surface area contributed by atoms with E-state index in [2.05, 4.69) is 4.72 Å². The SMILES string of the molecule is COc1cccc(NS(=O)(=O)c2ccc(OC)c(Cl)c2)c1. The number of nitrogens with one attached hydrogen (secondary N) is 1. The number of anilines is 1. The second kappa shape index (κ2) is 6.24. The van der Waals surface area contributed by atoms with Crippen LogP contribution in [0.25, 0.3) is 0 Å². The van der Waals surface area contributed by atoms with Crippen LogP contribution in [0.5, 0.6) is 11.5 Å². The van der Waals surface area contributed by atoms with Crippen molar-refractivity contribution < 1.29 is 17.9 Å². The number of hydrogen-bond donors (Lipinski definition) is 1. The van der Waals surface area contributed by atoms with E-state index in [0.717, 1.165) is 0 Å². The van der Waals surface area contributed by atoms with E-state index in [-0.39, 0.29) is 9.92 Å². The highest BCUT2D eigenvalue weighted by Gasteiger charge is 2.16. The predicted octanol–water partition coefficient (Wildman–Crippen LogP) is 3.16. The van der Waals surface area contributed by atoms with Gasteiger partial charge in [0.25, 0.3) is 10.0 Å². The minimum atomic E-state index is -3.73. The number of halogens is 1. The van der Waals surface area contributed by atoms with Crippen LogP contribution >= 0.6 is 11.6 Å². The Labute approximate surface area is 128 Å². The van der Waals surface area contributed by atoms with Crippen molar-refractivity contribution in [3.05, 3.63) is 47.5 Å². The van der Waals surface area contributed by atoms with Gasteiger partial charge in [-0.25, -0.2) is 8.42 Å². The van der Waals surface area contributed by atoms with Crippen molar-refractivity contribution in [3.8, 4) is 11.5 Å². The Kier molecular flexibility index (Phi) is 4.59. The molecule has 0 saturated heterocycles. The lowest BCUT2D eigenvalue weighted by atomic mass is 10.3. The largest absolute Gasteiger partial charge is 0.497 e. The quantitative estimate of drug-likeness (QED) is 0.916. The van der Waals surface area contributed by atoms with E-state index >= 15 is 0 Å². The molecule has 0 bridgehead atoms. The first-order chi connectivity index (χ1) is 9.96. The maximum Gasteiger partial charge on any atom is 0.261 e. The van der Waals surface area contributed by atoms with E-state index in [0.29, 0.717) is 17.2 Å². The Morgan fingerprint density at radius 3 is 2.43 bits per heavy atom. The molecule has 7 heteroatoms. The van der Waals surface area contributed by atoms with E-state index in [1.54, 1.807) is 24.3 Å². The van der Waals surface area contributed by atoms with Gasteiger partial charge in [-0.1, -0.05) is 17.7 Å². The topological polar surface area (TPSA) is 64.6 Å². The van der Waals surface area contributed by atoms with Crippen molar-refractivity contribution in [2.75, 3.05) is 18.9 Å². The minimum absolute atomic E-state index is 0.0520. The van der Waals surface area contributed by atoms with Gasteiger partial charge in [-0.3, -0.25) is 4.72 Å². The van der Waals surface area contributed by atoms with Gasteiger partial charge in [-0.2, -0.15) is 0 Å². The Hall–Kier alpha value is -1.92. The van der Waals surface area contributed by atoms with Gasteiger partial charge in [0.05, 0.1) is 29.8 Å². The molecule has 0 fully saturated rings. The third kappa shape index (κ3) is 3.59. The lowest BCUT2D eigenvalue weighted by Gasteiger charge is -2.10. The summed E-state index contributed by atoms with van der Waals surface area (Å²) in [5, 5.41) is 0.228. The molecule has 0 aliphatic carbocycles. The number of hydrogen-bond acceptors (Lipinski definition) is 4. The second-order valence-electron chi connectivity index (χ2n) is 4.13. The molecule has 0 aromatic heterocycles. The number of rotatable bonds is 5. The molecule has 0 unspecified atom stereocenters. The predicted molar refractivity (Wildman–Crippen MR) is 81.8 cm³/mol. The molecular formula is C14H14ClNO4S. The number of sulfonamides is 1. The molecule has 0 atom stereocenters. The first kappa shape index (κ1) is 15.5. The molecular weight excluding hydrogens is 314 g/mol. The molecule has 5 nitrogen and oxygen atoms in total. The molecule has 1 N–H and O–H groups in total. The molecule has 2 aromatic rings. The van der Waals surface area contributed by atoms with Crippen molar-refractivity contribution in [2.45, 2.75) is 4.90 Å². The summed E-state index contributed by atoms with van der Waals surface area (Å²) >= 11 is 5.95. The molecule has 21 heavy (non-hydrogen) atoms. The molecule has 0 spiro atoms. The van der Waals surface area contributed by atoms with Crippen LogP contribution in [0.1, 0.15) is 0 Å². The number of ether oxygens (including phenoxy) is 2. The second-order valence-corrected chi connectivity index (χ2v) is 6.22. The van der Waals surface area contributed by atoms with E-state index in [9.17, 15) is 8.42 Å². The van der Waals surface area contributed by atoms with Gasteiger partial charge in [0.2, 0.25) is 0 Å². The molecule has 0 aliphatic rings. The fourth-order valence-corrected chi connectivity index (χ4v) is 3.11. The van der Waals surface area contributed by atoms with E-state index in [4.69, 9.17) is 21.1 Å². The summed E-state index contributed by atoms with van der Waals surface area (Å²) in [6, 6.07) is 10.9. The lowest BCUT2D eigenvalue weighted by molar-refractivity contribution is 0.414. The fourth-order valence-electron chi connectivity index (χ4n) is 1.71. The van der Waals surface area contributed by atoms with E-state index in [1.165, 1.54) is 32.4 Å². The van der Waals surface area contributed by atoms with Crippen LogP contribution in [0.2, 0.25) is 5.02 Å². The molecule has 0 heterocycles. The number of methoxy groups -OCH3 is 2. The summed E-state index contributed by atoms with van der Waals surface area (Å²) < 4.78 is 37.1. The Balaban J connectivity index is 2.31. The van der Waals surface area contributed by atoms with Crippen LogP contribution in [-0.2, 0) is 10.0 Å². The average molecular weight is 328 g/mol. The summed E-state index contributed by atoms with van der Waals surface area (Å²) in [6.45, 7) is 0. The monoisotopic (exact) mass is 327 g/mol. The molecule has 2 rings (SSSR count). The van der Waals surface area contributed by atoms with Gasteiger partial charge < -0.3 is 9.47 Å². The van der Waals surface area contributed by atoms with Crippen molar-refractivity contribution in [1.82, 2.24) is 0 Å². The van der Waals surface area contributed by atoms with Gasteiger partial charge in [0, 0.05) is 6.07 Å². The van der Waals surface area contributed by atoms with Crippen LogP contribution in [0.15, 0.2) is 47.4 Å². The third-order valence-electron chi connectivity index (χ3n) is 2.76. The van der Waals surface area contributed by atoms with Gasteiger partial charge in [0.15, 0.2) is 0 Å². The van der Waals surface area contributed by atoms with Gasteiger partial charge in [-0.05, 0) is 30.3 Å². The van der Waals surface area contributed by atoms with Crippen molar-refractivity contribution in [3.63, 3.8) is 0 Å². The summed E-state index contributed by atoms with van der Waals surface area (Å²) in [5.74, 6) is 0.972. The van der Waals surface area contributed by atoms with Crippen molar-refractivity contribution in [1.29, 1.82) is 0 Å². The molecule has 2 aromatic carbocycles. The molecule has 0 radical (unpaired) electrons. The van der Waals surface area contributed by atoms with Crippen LogP contribution in [0.4, 0.5) is 5.69 Å². The van der Waals surface area contributed by atoms with Crippen LogP contribution < -0.4 is 14.2 Å². The molecule has 112 valence electrons. The van der Waals surface area contributed by atoms with Crippen LogP contribution in [0, 0.1) is 0 Å². The van der Waals surface area contributed by atoms with Gasteiger partial charge in [-0.15, -0.1) is 0 Å². The standard InChI is InChI=1S/C14H14ClNO4S/c1-19-11-5-3-4-10(8-11)16-21(17,18)12-6-7-14(20-2)13(15)9-12/h3-9,16H,1-2H3. The van der Waals surface area contributed by atoms with Crippen molar-refractivity contribution in [2.24, 2.45) is 0 Å². The fraction of sp³-hybridized carbons (Fsp3) is 0.143. The average Bonchev–Trinajstić information content (AvgIpc) is 2.47. The molecule has 0 saturated carbocycles. The van der Waals surface area contributed by atoms with Gasteiger partial charge >= 0.3 is 0 Å². The van der Waals surface area contributed by atoms with Gasteiger partial charge in [0.1, 0.15) is 11.5 Å². The number of benzene rings is 2. The van der Waals surface area contributed by atoms with Crippen molar-refractivity contribution >= 4 is 27.3 Å². The van der Waals surface area contributed by atoms with E-state index in [1.807, 2.05) is 0 Å². The summed E-state index contributed by atoms with van der Waals surface area (Å²) in [6.07, 6.45) is 0. The highest BCUT2D eigenvalue weighted by Crippen LogP contribution is 2.28. The van der Waals surface area contributed by atoms with Crippen LogP contribution in [0.3, 0.4) is 0 Å². The summed E-state index contributed by atoms with van der Waals surface area (Å²) in [7, 11) is -0.758. The highest BCUT2D eigenvalue weighted by molar-refractivity contribution is 7.92. The Morgan fingerprint density at radius 1 is 1.05 bits per heavy atom. The first-order valence-corrected chi connectivity index (χ1v) is 7.83. The minimum Gasteiger partial charge on any atom is -0.497 e. The third-order valence-corrected chi connectivity index (χ3v) is 4.43. The summed E-state index contributed by atoms with van der Waals surface area (Å²) in [4.78, 5) is 0.0520. The normalized spacial score (nSPS) is 11.0. The lowest BCUT2D eigenvalue weighted by Crippen LogP contribution is -2.13. The zero-order chi connectivity index (χ0) is 15.5. The molecule has 0 amide bonds.